The van der Waals surface area contributed by atoms with Crippen LogP contribution >= 0.6 is 59.6 Å². The molecule has 0 amide bonds. The fourth-order valence-electron chi connectivity index (χ4n) is 2.39. The summed E-state index contributed by atoms with van der Waals surface area (Å²) < 4.78 is 38.8. The zero-order chi connectivity index (χ0) is 15.6. The molecule has 0 unspecified atom stereocenters. The lowest BCUT2D eigenvalue weighted by molar-refractivity contribution is -0.148. The maximum Gasteiger partial charge on any atom is 0.390 e. The molecule has 1 aliphatic rings. The van der Waals surface area contributed by atoms with Gasteiger partial charge in [-0.15, -0.1) is 24.8 Å². The monoisotopic (exact) mass is 433 g/mol. The van der Waals surface area contributed by atoms with Crippen LogP contribution in [0.3, 0.4) is 0 Å². The number of alkyl halides is 3. The number of hydrogen-bond acceptors (Lipinski definition) is 3. The van der Waals surface area contributed by atoms with Crippen molar-refractivity contribution in [2.45, 2.75) is 18.6 Å². The van der Waals surface area contributed by atoms with E-state index in [0.717, 1.165) is 0 Å². The van der Waals surface area contributed by atoms with Gasteiger partial charge in [0.2, 0.25) is 0 Å². The molecule has 2 rings (SSSR count). The predicted octanol–water partition coefficient (Wildman–Crippen LogP) is 4.78. The first-order chi connectivity index (χ1) is 9.79. The summed E-state index contributed by atoms with van der Waals surface area (Å²) in [7, 11) is 0. The molecule has 1 N–H and O–H groups in total. The molecular weight excluding hydrogens is 420 g/mol. The molecule has 0 spiro atoms. The Hall–Kier alpha value is 0.310. The van der Waals surface area contributed by atoms with E-state index >= 15 is 0 Å². The molecule has 0 radical (unpaired) electrons. The van der Waals surface area contributed by atoms with E-state index < -0.39 is 18.6 Å². The minimum absolute atomic E-state index is 0. The van der Waals surface area contributed by atoms with Crippen LogP contribution in [0, 0.1) is 0 Å². The van der Waals surface area contributed by atoms with Crippen LogP contribution in [0.4, 0.5) is 13.2 Å². The van der Waals surface area contributed by atoms with Gasteiger partial charge in [0.25, 0.3) is 0 Å². The molecule has 134 valence electrons. The van der Waals surface area contributed by atoms with Crippen LogP contribution < -0.4 is 5.32 Å². The predicted molar refractivity (Wildman–Crippen MR) is 91.6 cm³/mol. The van der Waals surface area contributed by atoms with Crippen molar-refractivity contribution in [2.24, 2.45) is 0 Å². The number of rotatable bonds is 3. The fourth-order valence-corrected chi connectivity index (χ4v) is 3.13. The van der Waals surface area contributed by atoms with Gasteiger partial charge in [-0.25, -0.2) is 4.98 Å². The van der Waals surface area contributed by atoms with Gasteiger partial charge in [-0.3, -0.25) is 4.90 Å². The standard InChI is InChI=1S/C12H13Cl3F3N3.2ClH/c13-7-6-20-11(15)10(14)9(7)8(5-12(16,17)18)21-3-1-19-2-4-21;;/h6,8,19H,1-5H2;2*1H/t8-;;/m0../s1. The van der Waals surface area contributed by atoms with E-state index in [1.165, 1.54) is 6.20 Å². The summed E-state index contributed by atoms with van der Waals surface area (Å²) in [4.78, 5) is 5.47. The molecule has 0 saturated carbocycles. The van der Waals surface area contributed by atoms with E-state index in [9.17, 15) is 13.2 Å². The van der Waals surface area contributed by atoms with Gasteiger partial charge in [0.05, 0.1) is 16.5 Å². The maximum atomic E-state index is 12.9. The van der Waals surface area contributed by atoms with E-state index in [0.29, 0.717) is 26.2 Å². The van der Waals surface area contributed by atoms with Crippen molar-refractivity contribution in [3.05, 3.63) is 27.0 Å². The fraction of sp³-hybridized carbons (Fsp3) is 0.583. The third-order valence-corrected chi connectivity index (χ3v) is 4.38. The van der Waals surface area contributed by atoms with Crippen molar-refractivity contribution in [2.75, 3.05) is 26.2 Å². The number of aromatic nitrogens is 1. The largest absolute Gasteiger partial charge is 0.390 e. The Morgan fingerprint density at radius 1 is 1.17 bits per heavy atom. The van der Waals surface area contributed by atoms with E-state index in [4.69, 9.17) is 34.8 Å². The SMILES string of the molecule is Cl.Cl.FC(F)(F)C[C@@H](c1c(Cl)cnc(Cl)c1Cl)N1CCNCC1. The third-order valence-electron chi connectivity index (χ3n) is 3.32. The quantitative estimate of drug-likeness (QED) is 0.693. The Balaban J connectivity index is 0.00000242. The molecular formula is C12H15Cl5F3N3. The van der Waals surface area contributed by atoms with Crippen LogP contribution in [-0.2, 0) is 0 Å². The Morgan fingerprint density at radius 3 is 2.26 bits per heavy atom. The van der Waals surface area contributed by atoms with Crippen LogP contribution in [0.15, 0.2) is 6.20 Å². The van der Waals surface area contributed by atoms with Crippen molar-refractivity contribution in [3.8, 4) is 0 Å². The lowest BCUT2D eigenvalue weighted by Gasteiger charge is -2.36. The second-order valence-corrected chi connectivity index (χ2v) is 5.89. The lowest BCUT2D eigenvalue weighted by atomic mass is 10.0. The number of nitrogens with zero attached hydrogens (tertiary/aromatic N) is 2. The van der Waals surface area contributed by atoms with Crippen molar-refractivity contribution in [1.29, 1.82) is 0 Å². The van der Waals surface area contributed by atoms with E-state index in [2.05, 4.69) is 10.3 Å². The Morgan fingerprint density at radius 2 is 1.74 bits per heavy atom. The summed E-state index contributed by atoms with van der Waals surface area (Å²) in [6.45, 7) is 2.19. The normalized spacial score (nSPS) is 17.1. The van der Waals surface area contributed by atoms with Crippen LogP contribution in [0.2, 0.25) is 15.2 Å². The van der Waals surface area contributed by atoms with Gasteiger partial charge in [-0.05, 0) is 0 Å². The highest BCUT2D eigenvalue weighted by Gasteiger charge is 2.38. The topological polar surface area (TPSA) is 28.2 Å². The highest BCUT2D eigenvalue weighted by atomic mass is 35.5. The van der Waals surface area contributed by atoms with Gasteiger partial charge in [0, 0.05) is 44.0 Å². The first-order valence-electron chi connectivity index (χ1n) is 6.30. The average molecular weight is 436 g/mol. The molecule has 1 fully saturated rings. The third kappa shape index (κ3) is 6.27. The summed E-state index contributed by atoms with van der Waals surface area (Å²) in [5.74, 6) is 0. The van der Waals surface area contributed by atoms with Crippen molar-refractivity contribution >= 4 is 59.6 Å². The molecule has 0 bridgehead atoms. The van der Waals surface area contributed by atoms with E-state index in [-0.39, 0.29) is 45.6 Å². The zero-order valence-electron chi connectivity index (χ0n) is 11.7. The molecule has 2 heterocycles. The van der Waals surface area contributed by atoms with E-state index in [1.54, 1.807) is 4.90 Å². The summed E-state index contributed by atoms with van der Waals surface area (Å²) in [6.07, 6.45) is -4.14. The Bertz CT molecular complexity index is 509. The molecule has 0 aromatic carbocycles. The van der Waals surface area contributed by atoms with Gasteiger partial charge in [-0.2, -0.15) is 13.2 Å². The van der Waals surface area contributed by atoms with Gasteiger partial charge in [0.1, 0.15) is 5.15 Å². The van der Waals surface area contributed by atoms with Crippen molar-refractivity contribution < 1.29 is 13.2 Å². The second kappa shape index (κ2) is 9.70. The first kappa shape index (κ1) is 23.3. The second-order valence-electron chi connectivity index (χ2n) is 4.75. The highest BCUT2D eigenvalue weighted by molar-refractivity contribution is 6.43. The molecule has 1 atom stereocenters. The Kier molecular flexibility index (Phi) is 9.84. The van der Waals surface area contributed by atoms with Crippen molar-refractivity contribution in [3.63, 3.8) is 0 Å². The van der Waals surface area contributed by atoms with Crippen LogP contribution in [0.1, 0.15) is 18.0 Å². The smallest absolute Gasteiger partial charge is 0.314 e. The molecule has 11 heteroatoms. The van der Waals surface area contributed by atoms with Crippen LogP contribution in [0.5, 0.6) is 0 Å². The molecule has 1 aromatic heterocycles. The minimum atomic E-state index is -4.34. The number of halogens is 8. The molecule has 0 aliphatic carbocycles. The van der Waals surface area contributed by atoms with E-state index in [1.807, 2.05) is 0 Å². The maximum absolute atomic E-state index is 12.9. The van der Waals surface area contributed by atoms with Gasteiger partial charge in [-0.1, -0.05) is 34.8 Å². The van der Waals surface area contributed by atoms with Gasteiger partial charge < -0.3 is 5.32 Å². The van der Waals surface area contributed by atoms with Gasteiger partial charge in [0.15, 0.2) is 0 Å². The minimum Gasteiger partial charge on any atom is -0.314 e. The van der Waals surface area contributed by atoms with Gasteiger partial charge >= 0.3 is 6.18 Å². The van der Waals surface area contributed by atoms with Crippen LogP contribution in [0.25, 0.3) is 0 Å². The molecule has 23 heavy (non-hydrogen) atoms. The van der Waals surface area contributed by atoms with Crippen LogP contribution in [-0.4, -0.2) is 42.2 Å². The lowest BCUT2D eigenvalue weighted by Crippen LogP contribution is -2.46. The number of hydrogen-bond donors (Lipinski definition) is 1. The number of piperazine rings is 1. The molecule has 1 aliphatic heterocycles. The van der Waals surface area contributed by atoms with Crippen molar-refractivity contribution in [1.82, 2.24) is 15.2 Å². The summed E-state index contributed by atoms with van der Waals surface area (Å²) in [5, 5.41) is 3.13. The molecule has 1 aromatic rings. The average Bonchev–Trinajstić information content (AvgIpc) is 2.42. The number of nitrogens with one attached hydrogen (secondary N) is 1. The summed E-state index contributed by atoms with van der Waals surface area (Å²) in [6, 6.07) is -0.965. The zero-order valence-corrected chi connectivity index (χ0v) is 15.6. The first-order valence-corrected chi connectivity index (χ1v) is 7.44. The summed E-state index contributed by atoms with van der Waals surface area (Å²) in [5.41, 5.74) is 0.192. The molecule has 3 nitrogen and oxygen atoms in total. The summed E-state index contributed by atoms with van der Waals surface area (Å²) >= 11 is 17.9. The molecule has 1 saturated heterocycles. The highest BCUT2D eigenvalue weighted by Crippen LogP contribution is 2.41. The number of pyridine rings is 1. The Labute approximate surface area is 159 Å².